The van der Waals surface area contributed by atoms with Crippen molar-refractivity contribution in [2.24, 2.45) is 5.92 Å². The van der Waals surface area contributed by atoms with Gasteiger partial charge in [0.05, 0.1) is 36.3 Å². The molecule has 3 rings (SSSR count). The quantitative estimate of drug-likeness (QED) is 0.564. The second kappa shape index (κ2) is 7.92. The first-order valence-electron chi connectivity index (χ1n) is 7.37. The molecular weight excluding hydrogens is 470 g/mol. The number of rotatable bonds is 6. The van der Waals surface area contributed by atoms with E-state index in [0.29, 0.717) is 30.3 Å². The van der Waals surface area contributed by atoms with E-state index in [1.54, 1.807) is 25.1 Å². The number of halogens is 2. The molecule has 0 bridgehead atoms. The van der Waals surface area contributed by atoms with E-state index in [-0.39, 0.29) is 32.6 Å². The molecule has 0 spiro atoms. The van der Waals surface area contributed by atoms with E-state index >= 15 is 0 Å². The molecule has 1 aliphatic rings. The van der Waals surface area contributed by atoms with Crippen LogP contribution in [0, 0.1) is 29.7 Å². The monoisotopic (exact) mass is 486 g/mol. The molecule has 5 heteroatoms. The summed E-state index contributed by atoms with van der Waals surface area (Å²) in [6, 6.07) is 11.5. The van der Waals surface area contributed by atoms with Gasteiger partial charge >= 0.3 is 21.1 Å². The molecule has 0 aromatic heterocycles. The largest absolute Gasteiger partial charge is 2.00 e. The molecule has 1 saturated carbocycles. The summed E-state index contributed by atoms with van der Waals surface area (Å²) >= 11 is 0. The summed E-state index contributed by atoms with van der Waals surface area (Å²) in [6.45, 7) is 2.68. The second-order valence-electron chi connectivity index (χ2n) is 5.29. The van der Waals surface area contributed by atoms with Gasteiger partial charge in [-0.3, -0.25) is 0 Å². The van der Waals surface area contributed by atoms with Crippen LogP contribution in [0.4, 0.5) is 8.78 Å². The average molecular weight is 486 g/mol. The Morgan fingerprint density at radius 1 is 0.957 bits per heavy atom. The van der Waals surface area contributed by atoms with Gasteiger partial charge in [-0.15, -0.1) is 12.1 Å². The van der Waals surface area contributed by atoms with Crippen LogP contribution in [0.3, 0.4) is 0 Å². The van der Waals surface area contributed by atoms with Crippen LogP contribution < -0.4 is 9.47 Å². The zero-order valence-electron chi connectivity index (χ0n) is 12.7. The molecule has 2 aromatic carbocycles. The van der Waals surface area contributed by atoms with Crippen molar-refractivity contribution in [3.05, 3.63) is 48.0 Å². The summed E-state index contributed by atoms with van der Waals surface area (Å²) < 4.78 is 38.3. The maximum absolute atomic E-state index is 14.0. The minimum absolute atomic E-state index is 0. The van der Waals surface area contributed by atoms with Crippen molar-refractivity contribution in [1.82, 2.24) is 0 Å². The number of hydrogen-bond acceptors (Lipinski definition) is 2. The molecule has 0 amide bonds. The number of ether oxygens (including phenoxy) is 2. The molecule has 2 aromatic rings. The first kappa shape index (κ1) is 17.9. The van der Waals surface area contributed by atoms with Gasteiger partial charge in [0.1, 0.15) is 0 Å². The Morgan fingerprint density at radius 2 is 1.48 bits per heavy atom. The van der Waals surface area contributed by atoms with Crippen LogP contribution in [0.2, 0.25) is 0 Å². The van der Waals surface area contributed by atoms with Crippen LogP contribution in [-0.2, 0) is 21.1 Å². The minimum atomic E-state index is -0.595. The van der Waals surface area contributed by atoms with Crippen LogP contribution in [-0.4, -0.2) is 13.2 Å². The molecule has 23 heavy (non-hydrogen) atoms. The number of benzene rings is 2. The molecule has 0 saturated heterocycles. The van der Waals surface area contributed by atoms with Crippen molar-refractivity contribution in [2.45, 2.75) is 19.8 Å². The molecule has 0 unspecified atom stereocenters. The second-order valence-corrected chi connectivity index (χ2v) is 5.29. The predicted molar refractivity (Wildman–Crippen MR) is 78.9 cm³/mol. The Kier molecular flexibility index (Phi) is 6.17. The molecule has 0 atom stereocenters. The topological polar surface area (TPSA) is 18.5 Å². The maximum Gasteiger partial charge on any atom is 2.00 e. The first-order valence-corrected chi connectivity index (χ1v) is 7.37. The van der Waals surface area contributed by atoms with Crippen LogP contribution in [0.5, 0.6) is 11.5 Å². The van der Waals surface area contributed by atoms with E-state index < -0.39 is 11.6 Å². The van der Waals surface area contributed by atoms with Crippen molar-refractivity contribution in [3.63, 3.8) is 0 Å². The van der Waals surface area contributed by atoms with Gasteiger partial charge in [0.15, 0.2) is 0 Å². The van der Waals surface area contributed by atoms with Crippen LogP contribution in [0.15, 0.2) is 24.3 Å². The van der Waals surface area contributed by atoms with E-state index in [9.17, 15) is 8.78 Å². The van der Waals surface area contributed by atoms with Gasteiger partial charge in [-0.25, -0.2) is 19.9 Å². The van der Waals surface area contributed by atoms with E-state index in [1.807, 2.05) is 0 Å². The Morgan fingerprint density at radius 3 is 1.91 bits per heavy atom. The summed E-state index contributed by atoms with van der Waals surface area (Å²) in [5.74, 6) is -0.297. The molecular formula is C18H16F2O2W. The SMILES string of the molecule is CCOc1ccc(-c2[c-]c(F)c(OCC3CC3)cc2)[c-]c1F.[W+2]. The Balaban J connectivity index is 0.00000192. The zero-order chi connectivity index (χ0) is 15.5. The fourth-order valence-corrected chi connectivity index (χ4v) is 2.09. The first-order chi connectivity index (χ1) is 10.7. The molecule has 0 radical (unpaired) electrons. The summed E-state index contributed by atoms with van der Waals surface area (Å²) in [7, 11) is 0. The van der Waals surface area contributed by atoms with Gasteiger partial charge < -0.3 is 9.47 Å². The number of hydrogen-bond donors (Lipinski definition) is 0. The Hall–Kier alpha value is -1.41. The average Bonchev–Trinajstić information content (AvgIpc) is 3.32. The van der Waals surface area contributed by atoms with Crippen molar-refractivity contribution in [2.75, 3.05) is 13.2 Å². The summed E-state index contributed by atoms with van der Waals surface area (Å²) in [6.07, 6.45) is 2.29. The van der Waals surface area contributed by atoms with Crippen molar-refractivity contribution in [3.8, 4) is 22.6 Å². The molecule has 0 N–H and O–H groups in total. The third-order valence-electron chi connectivity index (χ3n) is 3.49. The van der Waals surface area contributed by atoms with Gasteiger partial charge in [0.25, 0.3) is 0 Å². The van der Waals surface area contributed by atoms with E-state index in [0.717, 1.165) is 12.8 Å². The molecule has 1 fully saturated rings. The van der Waals surface area contributed by atoms with Gasteiger partial charge in [-0.05, 0) is 25.7 Å². The van der Waals surface area contributed by atoms with E-state index in [1.165, 1.54) is 6.07 Å². The summed E-state index contributed by atoms with van der Waals surface area (Å²) in [4.78, 5) is 0. The van der Waals surface area contributed by atoms with Crippen molar-refractivity contribution < 1.29 is 39.3 Å². The predicted octanol–water partition coefficient (Wildman–Crippen LogP) is 4.42. The molecule has 1 aliphatic carbocycles. The van der Waals surface area contributed by atoms with Gasteiger partial charge in [0.2, 0.25) is 0 Å². The fraction of sp³-hybridized carbons (Fsp3) is 0.333. The third-order valence-corrected chi connectivity index (χ3v) is 3.49. The molecule has 120 valence electrons. The molecule has 0 aliphatic heterocycles. The van der Waals surface area contributed by atoms with Crippen LogP contribution in [0.1, 0.15) is 19.8 Å². The van der Waals surface area contributed by atoms with Crippen molar-refractivity contribution >= 4 is 0 Å². The summed E-state index contributed by atoms with van der Waals surface area (Å²) in [5.41, 5.74) is 0.854. The summed E-state index contributed by atoms with van der Waals surface area (Å²) in [5, 5.41) is 0. The molecule has 0 heterocycles. The fourth-order valence-electron chi connectivity index (χ4n) is 2.09. The van der Waals surface area contributed by atoms with Crippen LogP contribution >= 0.6 is 0 Å². The smallest absolute Gasteiger partial charge is 0.534 e. The minimum Gasteiger partial charge on any atom is -0.534 e. The molecule has 2 nitrogen and oxygen atoms in total. The standard InChI is InChI=1S/C18H16F2O2.W/c1-2-21-17-7-5-13(9-15(17)19)14-6-8-18(16(20)10-14)22-11-12-3-4-12;/h5-8,12H,2-4,11H2,1H3;/q-2;+2. The van der Waals surface area contributed by atoms with Gasteiger partial charge in [-0.1, -0.05) is 0 Å². The normalized spacial score (nSPS) is 13.3. The van der Waals surface area contributed by atoms with E-state index in [2.05, 4.69) is 12.1 Å². The third kappa shape index (κ3) is 4.54. The van der Waals surface area contributed by atoms with E-state index in [4.69, 9.17) is 9.47 Å². The van der Waals surface area contributed by atoms with Gasteiger partial charge in [0, 0.05) is 0 Å². The van der Waals surface area contributed by atoms with Gasteiger partial charge in [-0.2, -0.15) is 24.3 Å². The van der Waals surface area contributed by atoms with Crippen molar-refractivity contribution in [1.29, 1.82) is 0 Å². The van der Waals surface area contributed by atoms with Crippen LogP contribution in [0.25, 0.3) is 11.1 Å². The Bertz CT molecular complexity index is 672. The zero-order valence-corrected chi connectivity index (χ0v) is 15.6. The Labute approximate surface area is 149 Å². The maximum atomic E-state index is 14.0.